The first kappa shape index (κ1) is 19.1. The van der Waals surface area contributed by atoms with Crippen molar-refractivity contribution in [3.8, 4) is 0 Å². The molecule has 142 valence electrons. The summed E-state index contributed by atoms with van der Waals surface area (Å²) in [6.07, 6.45) is 0. The first-order valence-electron chi connectivity index (χ1n) is 8.59. The van der Waals surface area contributed by atoms with Crippen LogP contribution in [-0.2, 0) is 4.79 Å². The summed E-state index contributed by atoms with van der Waals surface area (Å²) in [6.45, 7) is 3.85. The summed E-state index contributed by atoms with van der Waals surface area (Å²) in [4.78, 5) is 12.6. The minimum atomic E-state index is -0.369. The fourth-order valence-electron chi connectivity index (χ4n) is 2.96. The number of benzene rings is 2. The highest BCUT2D eigenvalue weighted by Gasteiger charge is 2.19. The molecule has 2 aromatic carbocycles. The number of anilines is 1. The number of thioether (sulfide) groups is 1. The molecule has 1 unspecified atom stereocenters. The maximum absolute atomic E-state index is 12.6. The Kier molecular flexibility index (Phi) is 5.19. The smallest absolute Gasteiger partial charge is 0.237 e. The van der Waals surface area contributed by atoms with E-state index in [9.17, 15) is 4.79 Å². The minimum absolute atomic E-state index is 0.122. The summed E-state index contributed by atoms with van der Waals surface area (Å²) >= 11 is 13.4. The normalized spacial score (nSPS) is 12.4. The van der Waals surface area contributed by atoms with Crippen molar-refractivity contribution in [1.82, 2.24) is 14.6 Å². The van der Waals surface area contributed by atoms with Gasteiger partial charge in [0.1, 0.15) is 0 Å². The van der Waals surface area contributed by atoms with Gasteiger partial charge in [0, 0.05) is 21.1 Å². The molecule has 28 heavy (non-hydrogen) atoms. The van der Waals surface area contributed by atoms with Gasteiger partial charge in [-0.15, -0.1) is 10.2 Å². The fourth-order valence-corrected chi connectivity index (χ4v) is 4.12. The van der Waals surface area contributed by atoms with E-state index in [4.69, 9.17) is 23.2 Å². The third-order valence-corrected chi connectivity index (χ3v) is 5.92. The molecule has 2 aromatic heterocycles. The Balaban J connectivity index is 1.64. The molecule has 0 saturated heterocycles. The summed E-state index contributed by atoms with van der Waals surface area (Å²) < 4.78 is 1.95. The van der Waals surface area contributed by atoms with E-state index >= 15 is 0 Å². The van der Waals surface area contributed by atoms with Crippen molar-refractivity contribution in [3.63, 3.8) is 0 Å². The molecular formula is C20H16Cl2N4OS. The largest absolute Gasteiger partial charge is 0.325 e. The van der Waals surface area contributed by atoms with Crippen molar-refractivity contribution in [1.29, 1.82) is 0 Å². The van der Waals surface area contributed by atoms with Gasteiger partial charge in [-0.1, -0.05) is 35.0 Å². The minimum Gasteiger partial charge on any atom is -0.325 e. The topological polar surface area (TPSA) is 59.3 Å². The summed E-state index contributed by atoms with van der Waals surface area (Å²) in [6, 6.07) is 14.7. The first-order chi connectivity index (χ1) is 13.4. The fraction of sp³-hybridized carbons (Fsp3) is 0.150. The molecule has 1 amide bonds. The monoisotopic (exact) mass is 430 g/mol. The van der Waals surface area contributed by atoms with Crippen LogP contribution in [0.2, 0.25) is 10.0 Å². The lowest BCUT2D eigenvalue weighted by atomic mass is 10.1. The van der Waals surface area contributed by atoms with Crippen LogP contribution >= 0.6 is 35.0 Å². The van der Waals surface area contributed by atoms with Gasteiger partial charge in [-0.3, -0.25) is 9.20 Å². The van der Waals surface area contributed by atoms with Crippen LogP contribution in [0.3, 0.4) is 0 Å². The van der Waals surface area contributed by atoms with E-state index in [2.05, 4.69) is 15.5 Å². The number of hydrogen-bond acceptors (Lipinski definition) is 4. The van der Waals surface area contributed by atoms with Crippen molar-refractivity contribution in [2.75, 3.05) is 5.32 Å². The van der Waals surface area contributed by atoms with Gasteiger partial charge in [-0.25, -0.2) is 0 Å². The maximum atomic E-state index is 12.6. The molecular weight excluding hydrogens is 415 g/mol. The number of carbonyl (C=O) groups is 1. The molecule has 1 atom stereocenters. The van der Waals surface area contributed by atoms with Crippen LogP contribution in [0, 0.1) is 6.92 Å². The SMILES string of the molecule is Cc1cc2nnc(SC(C)C(=O)Nc3ccc(Cl)cc3)n2c2ccc(Cl)cc12. The van der Waals surface area contributed by atoms with Crippen LogP contribution in [0.4, 0.5) is 5.69 Å². The van der Waals surface area contributed by atoms with Gasteiger partial charge in [0.15, 0.2) is 10.8 Å². The number of nitrogens with one attached hydrogen (secondary N) is 1. The zero-order valence-electron chi connectivity index (χ0n) is 15.1. The molecule has 0 spiro atoms. The van der Waals surface area contributed by atoms with Gasteiger partial charge in [0.25, 0.3) is 0 Å². The second kappa shape index (κ2) is 7.62. The van der Waals surface area contributed by atoms with Gasteiger partial charge in [0.05, 0.1) is 10.8 Å². The zero-order valence-corrected chi connectivity index (χ0v) is 17.4. The second-order valence-electron chi connectivity index (χ2n) is 6.42. The molecule has 0 aliphatic carbocycles. The Bertz CT molecular complexity index is 1190. The Morgan fingerprint density at radius 1 is 1.07 bits per heavy atom. The molecule has 8 heteroatoms. The standard InChI is InChI=1S/C20H16Cl2N4OS/c1-11-9-18-24-25-20(26(18)17-8-5-14(22)10-16(11)17)28-12(2)19(27)23-15-6-3-13(21)4-7-15/h3-10,12H,1-2H3,(H,23,27). The van der Waals surface area contributed by atoms with E-state index in [0.717, 1.165) is 22.1 Å². The number of aromatic nitrogens is 3. The predicted molar refractivity (Wildman–Crippen MR) is 116 cm³/mol. The summed E-state index contributed by atoms with van der Waals surface area (Å²) in [7, 11) is 0. The van der Waals surface area contributed by atoms with Crippen molar-refractivity contribution in [3.05, 3.63) is 64.1 Å². The number of nitrogens with zero attached hydrogens (tertiary/aromatic N) is 3. The van der Waals surface area contributed by atoms with Crippen LogP contribution in [0.1, 0.15) is 12.5 Å². The maximum Gasteiger partial charge on any atom is 0.237 e. The molecule has 0 aliphatic heterocycles. The number of pyridine rings is 1. The molecule has 5 nitrogen and oxygen atoms in total. The van der Waals surface area contributed by atoms with Crippen molar-refractivity contribution < 1.29 is 4.79 Å². The van der Waals surface area contributed by atoms with Crippen molar-refractivity contribution in [2.24, 2.45) is 0 Å². The van der Waals surface area contributed by atoms with Gasteiger partial charge >= 0.3 is 0 Å². The molecule has 2 heterocycles. The van der Waals surface area contributed by atoms with E-state index in [1.54, 1.807) is 24.3 Å². The Hall–Kier alpha value is -2.28. The van der Waals surface area contributed by atoms with E-state index in [1.165, 1.54) is 11.8 Å². The summed E-state index contributed by atoms with van der Waals surface area (Å²) in [5, 5.41) is 14.1. The van der Waals surface area contributed by atoms with Crippen molar-refractivity contribution >= 4 is 63.1 Å². The number of fused-ring (bicyclic) bond motifs is 3. The lowest BCUT2D eigenvalue weighted by Gasteiger charge is -2.12. The average Bonchev–Trinajstić information content (AvgIpc) is 3.06. The molecule has 0 bridgehead atoms. The Morgan fingerprint density at radius 2 is 1.79 bits per heavy atom. The predicted octanol–water partition coefficient (Wildman–Crippen LogP) is 5.62. The van der Waals surface area contributed by atoms with Crippen LogP contribution in [-0.4, -0.2) is 25.8 Å². The summed E-state index contributed by atoms with van der Waals surface area (Å²) in [5.41, 5.74) is 3.46. The van der Waals surface area contributed by atoms with Gasteiger partial charge < -0.3 is 5.32 Å². The lowest BCUT2D eigenvalue weighted by molar-refractivity contribution is -0.115. The van der Waals surface area contributed by atoms with E-state index in [-0.39, 0.29) is 11.2 Å². The third kappa shape index (κ3) is 3.68. The van der Waals surface area contributed by atoms with E-state index in [0.29, 0.717) is 20.9 Å². The highest BCUT2D eigenvalue weighted by molar-refractivity contribution is 8.00. The third-order valence-electron chi connectivity index (χ3n) is 4.39. The lowest BCUT2D eigenvalue weighted by Crippen LogP contribution is -2.22. The zero-order chi connectivity index (χ0) is 19.8. The van der Waals surface area contributed by atoms with Crippen LogP contribution in [0.15, 0.2) is 53.7 Å². The first-order valence-corrected chi connectivity index (χ1v) is 10.2. The highest BCUT2D eigenvalue weighted by Crippen LogP contribution is 2.30. The number of halogens is 2. The van der Waals surface area contributed by atoms with Crippen LogP contribution in [0.25, 0.3) is 16.6 Å². The molecule has 0 aliphatic rings. The number of aryl methyl sites for hydroxylation is 1. The number of carbonyl (C=O) groups excluding carboxylic acids is 1. The Morgan fingerprint density at radius 3 is 2.54 bits per heavy atom. The van der Waals surface area contributed by atoms with Gasteiger partial charge in [-0.05, 0) is 67.9 Å². The van der Waals surface area contributed by atoms with Crippen LogP contribution in [0.5, 0.6) is 0 Å². The number of rotatable bonds is 4. The molecule has 4 rings (SSSR count). The van der Waals surface area contributed by atoms with Crippen LogP contribution < -0.4 is 5.32 Å². The average molecular weight is 431 g/mol. The molecule has 0 saturated carbocycles. The molecule has 0 fully saturated rings. The van der Waals surface area contributed by atoms with Crippen molar-refractivity contribution in [2.45, 2.75) is 24.3 Å². The summed E-state index contributed by atoms with van der Waals surface area (Å²) in [5.74, 6) is -0.122. The molecule has 0 radical (unpaired) electrons. The van der Waals surface area contributed by atoms with Gasteiger partial charge in [0.2, 0.25) is 5.91 Å². The van der Waals surface area contributed by atoms with E-state index in [1.807, 2.05) is 42.5 Å². The Labute approximate surface area is 176 Å². The highest BCUT2D eigenvalue weighted by atomic mass is 35.5. The van der Waals surface area contributed by atoms with Gasteiger partial charge in [-0.2, -0.15) is 0 Å². The number of hydrogen-bond donors (Lipinski definition) is 1. The number of amides is 1. The second-order valence-corrected chi connectivity index (χ2v) is 8.60. The molecule has 1 N–H and O–H groups in total. The quantitative estimate of drug-likeness (QED) is 0.427. The van der Waals surface area contributed by atoms with E-state index < -0.39 is 0 Å². The molecule has 4 aromatic rings.